The molecule has 1 aromatic heterocycles. The van der Waals surface area contributed by atoms with Crippen molar-refractivity contribution in [3.8, 4) is 11.8 Å². The Labute approximate surface area is 133 Å². The summed E-state index contributed by atoms with van der Waals surface area (Å²) in [6.45, 7) is 5.43. The van der Waals surface area contributed by atoms with E-state index in [1.54, 1.807) is 0 Å². The molecule has 0 saturated carbocycles. The number of nitriles is 1. The quantitative estimate of drug-likeness (QED) is 0.809. The Hall–Kier alpha value is -2.89. The minimum atomic E-state index is -5.07. The third kappa shape index (κ3) is 3.71. The van der Waals surface area contributed by atoms with Gasteiger partial charge >= 0.3 is 11.9 Å². The molecule has 0 atom stereocenters. The van der Waals surface area contributed by atoms with Crippen LogP contribution in [0.2, 0.25) is 0 Å². The van der Waals surface area contributed by atoms with Gasteiger partial charge in [-0.05, 0) is 19.1 Å². The highest BCUT2D eigenvalue weighted by Crippen LogP contribution is 2.34. The molecule has 24 heavy (non-hydrogen) atoms. The lowest BCUT2D eigenvalue weighted by Crippen LogP contribution is -2.33. The predicted molar refractivity (Wildman–Crippen MR) is 78.4 cm³/mol. The lowest BCUT2D eigenvalue weighted by molar-refractivity contribution is -0.140. The maximum absolute atomic E-state index is 13.7. The molecule has 5 nitrogen and oxygen atoms in total. The van der Waals surface area contributed by atoms with E-state index >= 15 is 0 Å². The van der Waals surface area contributed by atoms with E-state index in [0.717, 1.165) is 6.07 Å². The van der Waals surface area contributed by atoms with Crippen molar-refractivity contribution in [3.63, 3.8) is 0 Å². The molecule has 0 aliphatic rings. The lowest BCUT2D eigenvalue weighted by atomic mass is 10.1. The maximum atomic E-state index is 13.7. The molecule has 0 saturated heterocycles. The van der Waals surface area contributed by atoms with Crippen LogP contribution in [0.1, 0.15) is 30.7 Å². The van der Waals surface area contributed by atoms with E-state index in [2.05, 4.69) is 4.98 Å². The fourth-order valence-electron chi connectivity index (χ4n) is 1.95. The minimum Gasteiger partial charge on any atom is -0.311 e. The van der Waals surface area contributed by atoms with E-state index in [4.69, 9.17) is 5.26 Å². The zero-order valence-corrected chi connectivity index (χ0v) is 13.0. The molecule has 0 aliphatic carbocycles. The van der Waals surface area contributed by atoms with Crippen LogP contribution in [0.3, 0.4) is 0 Å². The summed E-state index contributed by atoms with van der Waals surface area (Å²) in [5.74, 6) is -1.74. The second-order valence-corrected chi connectivity index (χ2v) is 4.39. The van der Waals surface area contributed by atoms with Crippen molar-refractivity contribution in [1.82, 2.24) is 9.55 Å². The van der Waals surface area contributed by atoms with Crippen LogP contribution in [0.5, 0.6) is 0 Å². The van der Waals surface area contributed by atoms with Gasteiger partial charge in [0.05, 0.1) is 17.3 Å². The third-order valence-electron chi connectivity index (χ3n) is 2.80. The van der Waals surface area contributed by atoms with E-state index in [-0.39, 0.29) is 5.69 Å². The summed E-state index contributed by atoms with van der Waals surface area (Å²) in [5, 5.41) is 8.77. The van der Waals surface area contributed by atoms with Gasteiger partial charge < -0.3 is 4.98 Å². The molecule has 128 valence electrons. The van der Waals surface area contributed by atoms with Gasteiger partial charge in [-0.1, -0.05) is 13.8 Å². The van der Waals surface area contributed by atoms with Gasteiger partial charge in [-0.3, -0.25) is 4.79 Å². The molecule has 1 aromatic carbocycles. The summed E-state index contributed by atoms with van der Waals surface area (Å²) < 4.78 is 52.3. The Morgan fingerprint density at radius 2 is 1.75 bits per heavy atom. The molecular formula is C15H13F4N3O2. The summed E-state index contributed by atoms with van der Waals surface area (Å²) in [5.41, 5.74) is -4.80. The van der Waals surface area contributed by atoms with Crippen LogP contribution in [0, 0.1) is 24.1 Å². The number of halogens is 4. The fourth-order valence-corrected chi connectivity index (χ4v) is 1.95. The second kappa shape index (κ2) is 7.12. The van der Waals surface area contributed by atoms with Gasteiger partial charge in [0, 0.05) is 11.8 Å². The summed E-state index contributed by atoms with van der Waals surface area (Å²) in [6.07, 6.45) is -5.07. The molecule has 0 fully saturated rings. The Kier molecular flexibility index (Phi) is 5.69. The van der Waals surface area contributed by atoms with Crippen molar-refractivity contribution < 1.29 is 17.6 Å². The Bertz CT molecular complexity index is 874. The molecule has 0 unspecified atom stereocenters. The number of H-pyrrole nitrogens is 1. The first-order valence-corrected chi connectivity index (χ1v) is 6.79. The van der Waals surface area contributed by atoms with Gasteiger partial charge in [-0.25, -0.2) is 13.8 Å². The molecular weight excluding hydrogens is 330 g/mol. The second-order valence-electron chi connectivity index (χ2n) is 4.39. The van der Waals surface area contributed by atoms with E-state index < -0.39 is 40.1 Å². The van der Waals surface area contributed by atoms with Crippen molar-refractivity contribution in [2.75, 3.05) is 0 Å². The lowest BCUT2D eigenvalue weighted by Gasteiger charge is -2.12. The Morgan fingerprint density at radius 3 is 2.21 bits per heavy atom. The molecule has 1 N–H and O–H groups in total. The molecule has 0 bridgehead atoms. The highest BCUT2D eigenvalue weighted by atomic mass is 19.4. The zero-order chi connectivity index (χ0) is 18.7. The SMILES string of the molecule is CC.Cc1cc(=O)n(-c2cc(F)c(C(F)(F)F)c(C#N)c2)c(=O)[nH]1. The smallest absolute Gasteiger partial charge is 0.311 e. The monoisotopic (exact) mass is 343 g/mol. The molecule has 1 heterocycles. The summed E-state index contributed by atoms with van der Waals surface area (Å²) in [6, 6.07) is 3.25. The highest BCUT2D eigenvalue weighted by Gasteiger charge is 2.37. The maximum Gasteiger partial charge on any atom is 0.420 e. The van der Waals surface area contributed by atoms with Gasteiger partial charge in [-0.2, -0.15) is 18.4 Å². The van der Waals surface area contributed by atoms with Crippen molar-refractivity contribution in [2.45, 2.75) is 26.9 Å². The highest BCUT2D eigenvalue weighted by molar-refractivity contribution is 5.48. The van der Waals surface area contributed by atoms with Crippen molar-refractivity contribution in [3.05, 3.63) is 61.7 Å². The number of aryl methyl sites for hydroxylation is 1. The number of nitrogens with zero attached hydrogens (tertiary/aromatic N) is 2. The number of nitrogens with one attached hydrogen (secondary N) is 1. The number of rotatable bonds is 1. The normalized spacial score (nSPS) is 10.6. The van der Waals surface area contributed by atoms with E-state index in [1.807, 2.05) is 13.8 Å². The molecule has 0 radical (unpaired) electrons. The molecule has 2 rings (SSSR count). The van der Waals surface area contributed by atoms with E-state index in [0.29, 0.717) is 16.7 Å². The summed E-state index contributed by atoms with van der Waals surface area (Å²) in [4.78, 5) is 25.8. The van der Waals surface area contributed by atoms with Gasteiger partial charge in [0.15, 0.2) is 0 Å². The zero-order valence-electron chi connectivity index (χ0n) is 13.0. The molecule has 0 spiro atoms. The van der Waals surface area contributed by atoms with Crippen molar-refractivity contribution in [1.29, 1.82) is 5.26 Å². The van der Waals surface area contributed by atoms with Gasteiger partial charge in [-0.15, -0.1) is 0 Å². The van der Waals surface area contributed by atoms with Crippen LogP contribution < -0.4 is 11.2 Å². The predicted octanol–water partition coefficient (Wildman–Crippen LogP) is 2.89. The van der Waals surface area contributed by atoms with Crippen molar-refractivity contribution in [2.24, 2.45) is 0 Å². The van der Waals surface area contributed by atoms with Gasteiger partial charge in [0.25, 0.3) is 5.56 Å². The third-order valence-corrected chi connectivity index (χ3v) is 2.80. The largest absolute Gasteiger partial charge is 0.420 e. The number of aromatic amines is 1. The number of alkyl halides is 3. The molecule has 2 aromatic rings. The van der Waals surface area contributed by atoms with Crippen LogP contribution in [0.4, 0.5) is 17.6 Å². The van der Waals surface area contributed by atoms with Gasteiger partial charge in [0.2, 0.25) is 0 Å². The molecule has 9 heteroatoms. The van der Waals surface area contributed by atoms with Crippen molar-refractivity contribution >= 4 is 0 Å². The average molecular weight is 343 g/mol. The van der Waals surface area contributed by atoms with Crippen LogP contribution in [0.15, 0.2) is 27.8 Å². The Morgan fingerprint density at radius 1 is 1.17 bits per heavy atom. The fraction of sp³-hybridized carbons (Fsp3) is 0.267. The first-order chi connectivity index (χ1) is 11.1. The molecule has 0 amide bonds. The van der Waals surface area contributed by atoms with Crippen LogP contribution in [-0.2, 0) is 6.18 Å². The Balaban J connectivity index is 0.00000139. The van der Waals surface area contributed by atoms with Crippen LogP contribution >= 0.6 is 0 Å². The number of benzene rings is 1. The van der Waals surface area contributed by atoms with Crippen LogP contribution in [0.25, 0.3) is 5.69 Å². The summed E-state index contributed by atoms with van der Waals surface area (Å²) in [7, 11) is 0. The molecule has 0 aliphatic heterocycles. The van der Waals surface area contributed by atoms with Crippen LogP contribution in [-0.4, -0.2) is 9.55 Å². The number of hydrogen-bond donors (Lipinski definition) is 1. The first-order valence-electron chi connectivity index (χ1n) is 6.79. The topological polar surface area (TPSA) is 78.7 Å². The summed E-state index contributed by atoms with van der Waals surface area (Å²) >= 11 is 0. The average Bonchev–Trinajstić information content (AvgIpc) is 2.46. The van der Waals surface area contributed by atoms with E-state index in [1.165, 1.54) is 13.0 Å². The standard InChI is InChI=1S/C13H7F4N3O2.C2H6/c1-6-2-10(21)20(12(22)19-6)8-3-7(5-18)11(9(14)4-8)13(15,16)17;1-2/h2-4H,1H3,(H,19,22);1-2H3. The first kappa shape index (κ1) is 19.2. The number of hydrogen-bond acceptors (Lipinski definition) is 3. The van der Waals surface area contributed by atoms with Gasteiger partial charge in [0.1, 0.15) is 11.4 Å². The minimum absolute atomic E-state index is 0.235. The number of aromatic nitrogens is 2. The van der Waals surface area contributed by atoms with E-state index in [9.17, 15) is 27.2 Å².